The van der Waals surface area contributed by atoms with Crippen LogP contribution in [0.5, 0.6) is 0 Å². The molecule has 16 heavy (non-hydrogen) atoms. The van der Waals surface area contributed by atoms with Crippen LogP contribution in [0.3, 0.4) is 0 Å². The first-order valence-corrected chi connectivity index (χ1v) is 5.47. The first-order valence-electron chi connectivity index (χ1n) is 5.47. The van der Waals surface area contributed by atoms with Gasteiger partial charge in [-0.05, 0) is 30.9 Å². The second-order valence-electron chi connectivity index (χ2n) is 4.18. The zero-order valence-electron chi connectivity index (χ0n) is 9.60. The fraction of sp³-hybridized carbons (Fsp3) is 0.545. The van der Waals surface area contributed by atoms with Gasteiger partial charge in [-0.1, -0.05) is 0 Å². The highest BCUT2D eigenvalue weighted by atomic mass is 16.2. The van der Waals surface area contributed by atoms with E-state index in [9.17, 15) is 4.79 Å². The Kier molecular flexibility index (Phi) is 3.03. The summed E-state index contributed by atoms with van der Waals surface area (Å²) in [7, 11) is 3.58. The molecule has 2 rings (SSSR count). The van der Waals surface area contributed by atoms with Crippen molar-refractivity contribution in [1.82, 2.24) is 15.1 Å². The van der Waals surface area contributed by atoms with Gasteiger partial charge in [-0.2, -0.15) is 0 Å². The highest BCUT2D eigenvalue weighted by Crippen LogP contribution is 2.29. The minimum absolute atomic E-state index is 0.0537. The molecule has 1 aliphatic rings. The third-order valence-corrected chi connectivity index (χ3v) is 2.72. The fourth-order valence-corrected chi connectivity index (χ4v) is 1.55. The van der Waals surface area contributed by atoms with Crippen LogP contribution in [0, 0.1) is 5.92 Å². The van der Waals surface area contributed by atoms with Crippen LogP contribution in [0.1, 0.15) is 23.3 Å². The third kappa shape index (κ3) is 2.48. The van der Waals surface area contributed by atoms with Crippen molar-refractivity contribution in [3.05, 3.63) is 17.8 Å². The van der Waals surface area contributed by atoms with E-state index in [1.807, 2.05) is 7.05 Å². The van der Waals surface area contributed by atoms with E-state index in [1.165, 1.54) is 12.8 Å². The van der Waals surface area contributed by atoms with Crippen molar-refractivity contribution in [2.45, 2.75) is 12.8 Å². The molecular weight excluding hydrogens is 204 g/mol. The SMILES string of the molecule is CNc1ccc(C(=O)N(C)CC2CC2)nn1. The van der Waals surface area contributed by atoms with Crippen molar-refractivity contribution in [1.29, 1.82) is 0 Å². The number of carbonyl (C=O) groups excluding carboxylic acids is 1. The maximum atomic E-state index is 11.9. The molecular formula is C11H16N4O. The van der Waals surface area contributed by atoms with E-state index < -0.39 is 0 Å². The third-order valence-electron chi connectivity index (χ3n) is 2.72. The summed E-state index contributed by atoms with van der Waals surface area (Å²) in [5.74, 6) is 1.31. The van der Waals surface area contributed by atoms with Crippen LogP contribution < -0.4 is 5.32 Å². The quantitative estimate of drug-likeness (QED) is 0.822. The van der Waals surface area contributed by atoms with E-state index in [2.05, 4.69) is 15.5 Å². The van der Waals surface area contributed by atoms with Crippen molar-refractivity contribution >= 4 is 11.7 Å². The fourth-order valence-electron chi connectivity index (χ4n) is 1.55. The van der Waals surface area contributed by atoms with Gasteiger partial charge in [0.05, 0.1) is 0 Å². The molecule has 0 bridgehead atoms. The predicted octanol–water partition coefficient (Wildman–Crippen LogP) is 1.00. The van der Waals surface area contributed by atoms with E-state index in [0.29, 0.717) is 17.4 Å². The highest BCUT2D eigenvalue weighted by molar-refractivity contribution is 5.92. The van der Waals surface area contributed by atoms with Crippen LogP contribution in [0.4, 0.5) is 5.82 Å². The van der Waals surface area contributed by atoms with E-state index in [1.54, 1.807) is 24.1 Å². The minimum Gasteiger partial charge on any atom is -0.372 e. The van der Waals surface area contributed by atoms with Crippen LogP contribution >= 0.6 is 0 Å². The Bertz CT molecular complexity index is 372. The molecule has 1 saturated carbocycles. The molecule has 0 aromatic carbocycles. The van der Waals surface area contributed by atoms with Crippen molar-refractivity contribution in [3.63, 3.8) is 0 Å². The average molecular weight is 220 g/mol. The van der Waals surface area contributed by atoms with E-state index >= 15 is 0 Å². The summed E-state index contributed by atoms with van der Waals surface area (Å²) < 4.78 is 0. The second kappa shape index (κ2) is 4.47. The standard InChI is InChI=1S/C11H16N4O/c1-12-10-6-5-9(13-14-10)11(16)15(2)7-8-3-4-8/h5-6,8H,3-4,7H2,1-2H3,(H,12,14). The molecule has 0 spiro atoms. The Labute approximate surface area is 94.9 Å². The minimum atomic E-state index is -0.0537. The van der Waals surface area contributed by atoms with Gasteiger partial charge < -0.3 is 10.2 Å². The van der Waals surface area contributed by atoms with Gasteiger partial charge >= 0.3 is 0 Å². The molecule has 5 heteroatoms. The van der Waals surface area contributed by atoms with Gasteiger partial charge in [-0.25, -0.2) is 0 Å². The number of rotatable bonds is 4. The van der Waals surface area contributed by atoms with Crippen LogP contribution in [0.2, 0.25) is 0 Å². The molecule has 5 nitrogen and oxygen atoms in total. The van der Waals surface area contributed by atoms with Crippen molar-refractivity contribution in [2.24, 2.45) is 5.92 Å². The van der Waals surface area contributed by atoms with Gasteiger partial charge in [-0.15, -0.1) is 10.2 Å². The summed E-state index contributed by atoms with van der Waals surface area (Å²) in [6.45, 7) is 0.828. The summed E-state index contributed by atoms with van der Waals surface area (Å²) in [5, 5.41) is 10.6. The lowest BCUT2D eigenvalue weighted by Crippen LogP contribution is -2.29. The van der Waals surface area contributed by atoms with Crippen LogP contribution in [0.25, 0.3) is 0 Å². The second-order valence-corrected chi connectivity index (χ2v) is 4.18. The van der Waals surface area contributed by atoms with E-state index in [0.717, 1.165) is 6.54 Å². The largest absolute Gasteiger partial charge is 0.372 e. The monoisotopic (exact) mass is 220 g/mol. The number of hydrogen-bond acceptors (Lipinski definition) is 4. The summed E-state index contributed by atoms with van der Waals surface area (Å²) >= 11 is 0. The molecule has 86 valence electrons. The number of aromatic nitrogens is 2. The first-order chi connectivity index (χ1) is 7.70. The van der Waals surface area contributed by atoms with Gasteiger partial charge in [-0.3, -0.25) is 4.79 Å². The molecule has 0 radical (unpaired) electrons. The molecule has 1 N–H and O–H groups in total. The molecule has 1 aromatic rings. The predicted molar refractivity (Wildman–Crippen MR) is 61.3 cm³/mol. The Balaban J connectivity index is 2.00. The topological polar surface area (TPSA) is 58.1 Å². The van der Waals surface area contributed by atoms with Gasteiger partial charge in [0.1, 0.15) is 5.82 Å². The van der Waals surface area contributed by atoms with Crippen molar-refractivity contribution < 1.29 is 4.79 Å². The number of nitrogens with one attached hydrogen (secondary N) is 1. The zero-order chi connectivity index (χ0) is 11.5. The van der Waals surface area contributed by atoms with Crippen LogP contribution in [-0.4, -0.2) is 41.6 Å². The maximum absolute atomic E-state index is 11.9. The van der Waals surface area contributed by atoms with E-state index in [4.69, 9.17) is 0 Å². The number of hydrogen-bond donors (Lipinski definition) is 1. The van der Waals surface area contributed by atoms with Crippen molar-refractivity contribution in [2.75, 3.05) is 26.0 Å². The Morgan fingerprint density at radius 1 is 1.50 bits per heavy atom. The molecule has 0 atom stereocenters. The highest BCUT2D eigenvalue weighted by Gasteiger charge is 2.25. The lowest BCUT2D eigenvalue weighted by atomic mass is 10.3. The Hall–Kier alpha value is -1.65. The van der Waals surface area contributed by atoms with Gasteiger partial charge in [0, 0.05) is 20.6 Å². The smallest absolute Gasteiger partial charge is 0.274 e. The van der Waals surface area contributed by atoms with Crippen molar-refractivity contribution in [3.8, 4) is 0 Å². The summed E-state index contributed by atoms with van der Waals surface area (Å²) in [6.07, 6.45) is 2.48. The maximum Gasteiger partial charge on any atom is 0.274 e. The molecule has 1 heterocycles. The molecule has 1 amide bonds. The number of nitrogens with zero attached hydrogens (tertiary/aromatic N) is 3. The lowest BCUT2D eigenvalue weighted by molar-refractivity contribution is 0.0782. The van der Waals surface area contributed by atoms with Crippen LogP contribution in [-0.2, 0) is 0 Å². The molecule has 0 saturated heterocycles. The average Bonchev–Trinajstić information content (AvgIpc) is 3.12. The van der Waals surface area contributed by atoms with Gasteiger partial charge in [0.2, 0.25) is 0 Å². The first kappa shape index (κ1) is 10.9. The number of carbonyl (C=O) groups is 1. The Morgan fingerprint density at radius 2 is 2.25 bits per heavy atom. The lowest BCUT2D eigenvalue weighted by Gasteiger charge is -2.15. The molecule has 1 aliphatic carbocycles. The van der Waals surface area contributed by atoms with Gasteiger partial charge in [0.15, 0.2) is 5.69 Å². The number of anilines is 1. The summed E-state index contributed by atoms with van der Waals surface area (Å²) in [6, 6.07) is 3.45. The molecule has 1 fully saturated rings. The summed E-state index contributed by atoms with van der Waals surface area (Å²) in [5.41, 5.74) is 0.405. The molecule has 1 aromatic heterocycles. The molecule has 0 aliphatic heterocycles. The summed E-state index contributed by atoms with van der Waals surface area (Å²) in [4.78, 5) is 13.6. The number of amides is 1. The zero-order valence-corrected chi connectivity index (χ0v) is 9.60. The van der Waals surface area contributed by atoms with E-state index in [-0.39, 0.29) is 5.91 Å². The normalized spacial score (nSPS) is 14.6. The Morgan fingerprint density at radius 3 is 2.75 bits per heavy atom. The molecule has 0 unspecified atom stereocenters. The van der Waals surface area contributed by atoms with Crippen LogP contribution in [0.15, 0.2) is 12.1 Å². The van der Waals surface area contributed by atoms with Gasteiger partial charge in [0.25, 0.3) is 5.91 Å².